The van der Waals surface area contributed by atoms with Gasteiger partial charge in [0.25, 0.3) is 5.91 Å². The number of oxazole rings is 1. The molecule has 1 aliphatic heterocycles. The number of aromatic nitrogens is 1. The summed E-state index contributed by atoms with van der Waals surface area (Å²) in [6.45, 7) is 3.90. The molecule has 0 radical (unpaired) electrons. The van der Waals surface area contributed by atoms with Crippen LogP contribution in [0.1, 0.15) is 17.3 Å². The molecule has 1 amide bonds. The quantitative estimate of drug-likeness (QED) is 0.312. The zero-order valence-corrected chi connectivity index (χ0v) is 21.6. The molecule has 0 bridgehead atoms. The van der Waals surface area contributed by atoms with Crippen LogP contribution in [0.25, 0.3) is 10.8 Å². The zero-order valence-electron chi connectivity index (χ0n) is 20.0. The Labute approximate surface area is 217 Å². The fourth-order valence-electron chi connectivity index (χ4n) is 4.06. The summed E-state index contributed by atoms with van der Waals surface area (Å²) in [6, 6.07) is 15.2. The Bertz CT molecular complexity index is 1480. The van der Waals surface area contributed by atoms with Gasteiger partial charge in [-0.3, -0.25) is 4.79 Å². The Morgan fingerprint density at radius 3 is 2.38 bits per heavy atom. The third-order valence-electron chi connectivity index (χ3n) is 5.96. The van der Waals surface area contributed by atoms with Crippen molar-refractivity contribution in [2.45, 2.75) is 16.8 Å². The monoisotopic (exact) mass is 541 g/mol. The molecule has 1 saturated heterocycles. The lowest BCUT2D eigenvalue weighted by Gasteiger charge is -2.34. The Hall–Kier alpha value is -3.70. The summed E-state index contributed by atoms with van der Waals surface area (Å²) in [7, 11) is -4.09. The molecule has 37 heavy (non-hydrogen) atoms. The number of carbonyl (C=O) groups excluding carboxylic acids is 1. The molecule has 5 rings (SSSR count). The van der Waals surface area contributed by atoms with Gasteiger partial charge in [0.05, 0.1) is 16.4 Å². The SMILES string of the molecule is CCOc1ccc(C(=O)N2CCN(c3oc(-c4cccs4)nc3S(=O)(=O)c3ccc(F)cc3)CC2)cc1. The summed E-state index contributed by atoms with van der Waals surface area (Å²) >= 11 is 1.38. The van der Waals surface area contributed by atoms with E-state index < -0.39 is 15.7 Å². The molecular formula is C26H24FN3O5S2. The average Bonchev–Trinajstić information content (AvgIpc) is 3.60. The number of anilines is 1. The van der Waals surface area contributed by atoms with Crippen LogP contribution in [0.15, 0.2) is 80.4 Å². The first kappa shape index (κ1) is 25.0. The number of benzene rings is 2. The molecule has 0 spiro atoms. The van der Waals surface area contributed by atoms with Crippen molar-refractivity contribution in [3.63, 3.8) is 0 Å². The summed E-state index contributed by atoms with van der Waals surface area (Å²) in [5.74, 6) is 0.357. The van der Waals surface area contributed by atoms with E-state index in [0.29, 0.717) is 49.0 Å². The van der Waals surface area contributed by atoms with Gasteiger partial charge in [-0.15, -0.1) is 11.3 Å². The van der Waals surface area contributed by atoms with Gasteiger partial charge in [0.2, 0.25) is 26.6 Å². The molecule has 1 aliphatic rings. The molecular weight excluding hydrogens is 517 g/mol. The molecule has 8 nitrogen and oxygen atoms in total. The van der Waals surface area contributed by atoms with Crippen LogP contribution in [-0.4, -0.2) is 57.0 Å². The summed E-state index contributed by atoms with van der Waals surface area (Å²) in [6.07, 6.45) is 0. The normalized spacial score (nSPS) is 14.1. The molecule has 0 aliphatic carbocycles. The first-order valence-electron chi connectivity index (χ1n) is 11.7. The van der Waals surface area contributed by atoms with E-state index in [-0.39, 0.29) is 27.6 Å². The predicted octanol–water partition coefficient (Wildman–Crippen LogP) is 4.74. The average molecular weight is 542 g/mol. The van der Waals surface area contributed by atoms with Gasteiger partial charge in [-0.2, -0.15) is 4.98 Å². The van der Waals surface area contributed by atoms with Gasteiger partial charge in [0.1, 0.15) is 11.6 Å². The van der Waals surface area contributed by atoms with Gasteiger partial charge in [-0.25, -0.2) is 12.8 Å². The minimum Gasteiger partial charge on any atom is -0.494 e. The lowest BCUT2D eigenvalue weighted by atomic mass is 10.1. The Morgan fingerprint density at radius 1 is 1.05 bits per heavy atom. The minimum atomic E-state index is -4.09. The molecule has 192 valence electrons. The van der Waals surface area contributed by atoms with Gasteiger partial charge in [-0.05, 0) is 66.9 Å². The van der Waals surface area contributed by atoms with E-state index in [4.69, 9.17) is 9.15 Å². The van der Waals surface area contributed by atoms with E-state index >= 15 is 0 Å². The van der Waals surface area contributed by atoms with Crippen molar-refractivity contribution in [3.8, 4) is 16.5 Å². The molecule has 11 heteroatoms. The summed E-state index contributed by atoms with van der Waals surface area (Å²) in [4.78, 5) is 21.5. The predicted molar refractivity (Wildman–Crippen MR) is 137 cm³/mol. The van der Waals surface area contributed by atoms with E-state index in [1.165, 1.54) is 23.5 Å². The van der Waals surface area contributed by atoms with Gasteiger partial charge in [0, 0.05) is 31.7 Å². The highest BCUT2D eigenvalue weighted by Crippen LogP contribution is 2.36. The second kappa shape index (κ2) is 10.3. The van der Waals surface area contributed by atoms with Gasteiger partial charge in [-0.1, -0.05) is 6.07 Å². The van der Waals surface area contributed by atoms with Crippen LogP contribution in [0, 0.1) is 5.82 Å². The zero-order chi connectivity index (χ0) is 26.0. The first-order chi connectivity index (χ1) is 17.9. The van der Waals surface area contributed by atoms with E-state index in [1.807, 2.05) is 18.4 Å². The van der Waals surface area contributed by atoms with Gasteiger partial charge < -0.3 is 19.0 Å². The van der Waals surface area contributed by atoms with Crippen LogP contribution in [0.5, 0.6) is 5.75 Å². The van der Waals surface area contributed by atoms with Crippen LogP contribution >= 0.6 is 11.3 Å². The van der Waals surface area contributed by atoms with Crippen LogP contribution in [0.2, 0.25) is 0 Å². The third-order valence-corrected chi connectivity index (χ3v) is 8.48. The summed E-state index contributed by atoms with van der Waals surface area (Å²) in [5.41, 5.74) is 0.552. The smallest absolute Gasteiger partial charge is 0.253 e. The lowest BCUT2D eigenvalue weighted by Crippen LogP contribution is -2.49. The molecule has 2 aromatic carbocycles. The number of hydrogen-bond donors (Lipinski definition) is 0. The van der Waals surface area contributed by atoms with E-state index in [1.54, 1.807) is 40.1 Å². The fraction of sp³-hybridized carbons (Fsp3) is 0.231. The number of rotatable bonds is 7. The fourth-order valence-corrected chi connectivity index (χ4v) is 6.03. The topological polar surface area (TPSA) is 92.9 Å². The first-order valence-corrected chi connectivity index (χ1v) is 14.1. The third kappa shape index (κ3) is 5.09. The Balaban J connectivity index is 1.39. The number of halogens is 1. The van der Waals surface area contributed by atoms with Crippen molar-refractivity contribution in [2.75, 3.05) is 37.7 Å². The van der Waals surface area contributed by atoms with Crippen LogP contribution in [0.4, 0.5) is 10.3 Å². The van der Waals surface area contributed by atoms with Crippen molar-refractivity contribution in [3.05, 3.63) is 77.4 Å². The molecule has 0 N–H and O–H groups in total. The summed E-state index contributed by atoms with van der Waals surface area (Å²) < 4.78 is 51.8. The molecule has 0 unspecified atom stereocenters. The lowest BCUT2D eigenvalue weighted by molar-refractivity contribution is 0.0745. The molecule has 1 fully saturated rings. The van der Waals surface area contributed by atoms with Crippen LogP contribution in [-0.2, 0) is 9.84 Å². The highest BCUT2D eigenvalue weighted by Gasteiger charge is 2.33. The van der Waals surface area contributed by atoms with E-state index in [9.17, 15) is 17.6 Å². The second-order valence-electron chi connectivity index (χ2n) is 8.30. The van der Waals surface area contributed by atoms with E-state index in [0.717, 1.165) is 12.1 Å². The molecule has 0 saturated carbocycles. The van der Waals surface area contributed by atoms with Crippen molar-refractivity contribution < 1.29 is 26.8 Å². The maximum absolute atomic E-state index is 13.5. The standard InChI is InChI=1S/C26H24FN3O5S2/c1-2-34-20-9-5-18(6-10-20)25(31)29-13-15-30(16-14-29)26-24(28-23(35-26)22-4-3-17-36-22)37(32,33)21-11-7-19(27)8-12-21/h3-12,17H,2,13-16H2,1H3. The number of sulfone groups is 1. The summed E-state index contributed by atoms with van der Waals surface area (Å²) in [5, 5.41) is 1.62. The second-order valence-corrected chi connectivity index (χ2v) is 11.1. The van der Waals surface area contributed by atoms with Gasteiger partial charge >= 0.3 is 0 Å². The number of carbonyl (C=O) groups is 1. The number of nitrogens with zero attached hydrogens (tertiary/aromatic N) is 3. The molecule has 3 heterocycles. The highest BCUT2D eigenvalue weighted by molar-refractivity contribution is 7.91. The largest absolute Gasteiger partial charge is 0.494 e. The van der Waals surface area contributed by atoms with Crippen LogP contribution in [0.3, 0.4) is 0 Å². The number of amides is 1. The molecule has 0 atom stereocenters. The minimum absolute atomic E-state index is 0.0782. The van der Waals surface area contributed by atoms with Crippen molar-refractivity contribution in [1.82, 2.24) is 9.88 Å². The number of thiophene rings is 1. The maximum atomic E-state index is 13.5. The van der Waals surface area contributed by atoms with Crippen molar-refractivity contribution in [2.24, 2.45) is 0 Å². The highest BCUT2D eigenvalue weighted by atomic mass is 32.2. The Kier molecular flexibility index (Phi) is 6.98. The van der Waals surface area contributed by atoms with Crippen molar-refractivity contribution >= 4 is 33.0 Å². The van der Waals surface area contributed by atoms with Crippen molar-refractivity contribution in [1.29, 1.82) is 0 Å². The Morgan fingerprint density at radius 2 is 1.76 bits per heavy atom. The molecule has 2 aromatic heterocycles. The number of hydrogen-bond acceptors (Lipinski definition) is 8. The number of piperazine rings is 1. The van der Waals surface area contributed by atoms with Crippen LogP contribution < -0.4 is 9.64 Å². The molecule has 4 aromatic rings. The van der Waals surface area contributed by atoms with E-state index in [2.05, 4.69) is 4.98 Å². The maximum Gasteiger partial charge on any atom is 0.253 e. The van der Waals surface area contributed by atoms with Gasteiger partial charge in [0.15, 0.2) is 0 Å². The number of ether oxygens (including phenoxy) is 1.